The SMILES string of the molecule is O=C1CN(CCc2c[nH]c3ccccc23)CCCN1. The summed E-state index contributed by atoms with van der Waals surface area (Å²) in [6, 6.07) is 8.36. The lowest BCUT2D eigenvalue weighted by molar-refractivity contribution is -0.121. The first-order valence-corrected chi connectivity index (χ1v) is 6.87. The summed E-state index contributed by atoms with van der Waals surface area (Å²) >= 11 is 0. The number of amides is 1. The molecule has 100 valence electrons. The van der Waals surface area contributed by atoms with Crippen LogP contribution in [-0.4, -0.2) is 42.0 Å². The third-order valence-corrected chi connectivity index (χ3v) is 3.71. The summed E-state index contributed by atoms with van der Waals surface area (Å²) in [6.07, 6.45) is 4.11. The summed E-state index contributed by atoms with van der Waals surface area (Å²) in [7, 11) is 0. The monoisotopic (exact) mass is 257 g/mol. The molecular weight excluding hydrogens is 238 g/mol. The first-order chi connectivity index (χ1) is 9.33. The van der Waals surface area contributed by atoms with E-state index in [1.54, 1.807) is 0 Å². The van der Waals surface area contributed by atoms with E-state index in [4.69, 9.17) is 0 Å². The number of carbonyl (C=O) groups is 1. The Bertz CT molecular complexity index is 576. The Balaban J connectivity index is 1.67. The zero-order valence-corrected chi connectivity index (χ0v) is 11.0. The number of H-pyrrole nitrogens is 1. The van der Waals surface area contributed by atoms with Crippen molar-refractivity contribution in [3.05, 3.63) is 36.0 Å². The molecule has 0 atom stereocenters. The van der Waals surface area contributed by atoms with Crippen LogP contribution in [0.15, 0.2) is 30.5 Å². The number of benzene rings is 1. The van der Waals surface area contributed by atoms with Gasteiger partial charge in [0.2, 0.25) is 5.91 Å². The second-order valence-corrected chi connectivity index (χ2v) is 5.09. The highest BCUT2D eigenvalue weighted by Crippen LogP contribution is 2.18. The second kappa shape index (κ2) is 5.45. The van der Waals surface area contributed by atoms with E-state index in [9.17, 15) is 4.79 Å². The number of aromatic amines is 1. The van der Waals surface area contributed by atoms with Crippen LogP contribution in [0.2, 0.25) is 0 Å². The molecule has 0 bridgehead atoms. The number of aromatic nitrogens is 1. The first-order valence-electron chi connectivity index (χ1n) is 6.87. The fourth-order valence-corrected chi connectivity index (χ4v) is 2.68. The predicted molar refractivity (Wildman–Crippen MR) is 76.1 cm³/mol. The zero-order chi connectivity index (χ0) is 13.1. The molecule has 4 nitrogen and oxygen atoms in total. The summed E-state index contributed by atoms with van der Waals surface area (Å²) < 4.78 is 0. The molecule has 1 aromatic carbocycles. The molecule has 3 rings (SSSR count). The molecule has 2 N–H and O–H groups in total. The van der Waals surface area contributed by atoms with Crippen molar-refractivity contribution in [2.45, 2.75) is 12.8 Å². The molecule has 2 heterocycles. The highest BCUT2D eigenvalue weighted by molar-refractivity contribution is 5.83. The third kappa shape index (κ3) is 2.79. The van der Waals surface area contributed by atoms with Gasteiger partial charge in [0.05, 0.1) is 6.54 Å². The van der Waals surface area contributed by atoms with Crippen LogP contribution >= 0.6 is 0 Å². The largest absolute Gasteiger partial charge is 0.361 e. The van der Waals surface area contributed by atoms with Crippen molar-refractivity contribution >= 4 is 16.8 Å². The molecular formula is C15H19N3O. The molecule has 0 spiro atoms. The molecule has 1 aliphatic rings. The predicted octanol–water partition coefficient (Wildman–Crippen LogP) is 1.53. The molecule has 1 saturated heterocycles. The fraction of sp³-hybridized carbons (Fsp3) is 0.400. The van der Waals surface area contributed by atoms with Crippen LogP contribution in [0.1, 0.15) is 12.0 Å². The molecule has 0 radical (unpaired) electrons. The highest BCUT2D eigenvalue weighted by atomic mass is 16.2. The van der Waals surface area contributed by atoms with Gasteiger partial charge >= 0.3 is 0 Å². The molecule has 1 amide bonds. The summed E-state index contributed by atoms with van der Waals surface area (Å²) in [5.41, 5.74) is 2.52. The van der Waals surface area contributed by atoms with E-state index in [0.29, 0.717) is 6.54 Å². The van der Waals surface area contributed by atoms with Gasteiger partial charge in [-0.2, -0.15) is 0 Å². The fourth-order valence-electron chi connectivity index (χ4n) is 2.68. The van der Waals surface area contributed by atoms with Gasteiger partial charge in [-0.3, -0.25) is 9.69 Å². The van der Waals surface area contributed by atoms with E-state index < -0.39 is 0 Å². The summed E-state index contributed by atoms with van der Waals surface area (Å²) in [6.45, 7) is 3.28. The Morgan fingerprint density at radius 1 is 1.26 bits per heavy atom. The molecule has 0 aliphatic carbocycles. The second-order valence-electron chi connectivity index (χ2n) is 5.09. The topological polar surface area (TPSA) is 48.1 Å². The Kier molecular flexibility index (Phi) is 3.51. The van der Waals surface area contributed by atoms with Crippen molar-refractivity contribution in [1.29, 1.82) is 0 Å². The Labute approximate surface area is 112 Å². The maximum atomic E-state index is 11.5. The molecule has 19 heavy (non-hydrogen) atoms. The van der Waals surface area contributed by atoms with Gasteiger partial charge in [0.1, 0.15) is 0 Å². The van der Waals surface area contributed by atoms with Gasteiger partial charge in [-0.05, 0) is 24.5 Å². The van der Waals surface area contributed by atoms with E-state index in [1.807, 2.05) is 6.07 Å². The third-order valence-electron chi connectivity index (χ3n) is 3.71. The quantitative estimate of drug-likeness (QED) is 0.876. The standard InChI is InChI=1S/C15H19N3O/c19-15-11-18(8-3-7-16-15)9-6-12-10-17-14-5-2-1-4-13(12)14/h1-2,4-5,10,17H,3,6-9,11H2,(H,16,19). The van der Waals surface area contributed by atoms with Gasteiger partial charge in [-0.25, -0.2) is 0 Å². The highest BCUT2D eigenvalue weighted by Gasteiger charge is 2.14. The maximum absolute atomic E-state index is 11.5. The van der Waals surface area contributed by atoms with Crippen LogP contribution in [0.4, 0.5) is 0 Å². The van der Waals surface area contributed by atoms with Crippen molar-refractivity contribution in [1.82, 2.24) is 15.2 Å². The number of rotatable bonds is 3. The minimum Gasteiger partial charge on any atom is -0.361 e. The van der Waals surface area contributed by atoms with Gasteiger partial charge in [0, 0.05) is 36.7 Å². The molecule has 2 aromatic rings. The summed E-state index contributed by atoms with van der Waals surface area (Å²) in [5.74, 6) is 0.149. The molecule has 1 aromatic heterocycles. The minimum atomic E-state index is 0.149. The number of nitrogens with one attached hydrogen (secondary N) is 2. The van der Waals surface area contributed by atoms with Gasteiger partial charge < -0.3 is 10.3 Å². The van der Waals surface area contributed by atoms with Crippen LogP contribution in [0, 0.1) is 0 Å². The average Bonchev–Trinajstić information content (AvgIpc) is 2.72. The lowest BCUT2D eigenvalue weighted by atomic mass is 10.1. The van der Waals surface area contributed by atoms with Crippen LogP contribution in [0.25, 0.3) is 10.9 Å². The van der Waals surface area contributed by atoms with Crippen LogP contribution in [0.3, 0.4) is 0 Å². The van der Waals surface area contributed by atoms with Crippen molar-refractivity contribution in [2.24, 2.45) is 0 Å². The van der Waals surface area contributed by atoms with Crippen molar-refractivity contribution in [2.75, 3.05) is 26.2 Å². The Morgan fingerprint density at radius 2 is 2.16 bits per heavy atom. The lowest BCUT2D eigenvalue weighted by Gasteiger charge is -2.17. The minimum absolute atomic E-state index is 0.149. The maximum Gasteiger partial charge on any atom is 0.234 e. The van der Waals surface area contributed by atoms with Crippen molar-refractivity contribution in [3.8, 4) is 0 Å². The van der Waals surface area contributed by atoms with E-state index in [2.05, 4.69) is 39.6 Å². The normalized spacial score (nSPS) is 17.4. The Morgan fingerprint density at radius 3 is 3.11 bits per heavy atom. The molecule has 0 saturated carbocycles. The smallest absolute Gasteiger partial charge is 0.234 e. The lowest BCUT2D eigenvalue weighted by Crippen LogP contribution is -2.34. The first kappa shape index (κ1) is 12.2. The van der Waals surface area contributed by atoms with Crippen LogP contribution in [-0.2, 0) is 11.2 Å². The van der Waals surface area contributed by atoms with E-state index in [0.717, 1.165) is 32.5 Å². The number of fused-ring (bicyclic) bond motifs is 1. The molecule has 1 aliphatic heterocycles. The molecule has 0 unspecified atom stereocenters. The van der Waals surface area contributed by atoms with Gasteiger partial charge in [-0.15, -0.1) is 0 Å². The Hall–Kier alpha value is -1.81. The van der Waals surface area contributed by atoms with E-state index >= 15 is 0 Å². The van der Waals surface area contributed by atoms with Crippen LogP contribution < -0.4 is 5.32 Å². The number of hydrogen-bond acceptors (Lipinski definition) is 2. The van der Waals surface area contributed by atoms with E-state index in [1.165, 1.54) is 16.5 Å². The average molecular weight is 257 g/mol. The van der Waals surface area contributed by atoms with E-state index in [-0.39, 0.29) is 5.91 Å². The molecule has 1 fully saturated rings. The number of hydrogen-bond donors (Lipinski definition) is 2. The van der Waals surface area contributed by atoms with Gasteiger partial charge in [-0.1, -0.05) is 18.2 Å². The van der Waals surface area contributed by atoms with Crippen molar-refractivity contribution in [3.63, 3.8) is 0 Å². The van der Waals surface area contributed by atoms with Crippen LogP contribution in [0.5, 0.6) is 0 Å². The number of nitrogens with zero attached hydrogens (tertiary/aromatic N) is 1. The number of carbonyl (C=O) groups excluding carboxylic acids is 1. The molecule has 4 heteroatoms. The number of para-hydroxylation sites is 1. The summed E-state index contributed by atoms with van der Waals surface area (Å²) in [4.78, 5) is 17.0. The van der Waals surface area contributed by atoms with Gasteiger partial charge in [0.15, 0.2) is 0 Å². The summed E-state index contributed by atoms with van der Waals surface area (Å²) in [5, 5.41) is 4.20. The zero-order valence-electron chi connectivity index (χ0n) is 11.0. The van der Waals surface area contributed by atoms with Gasteiger partial charge in [0.25, 0.3) is 0 Å². The van der Waals surface area contributed by atoms with Crippen molar-refractivity contribution < 1.29 is 4.79 Å².